The second-order valence-electron chi connectivity index (χ2n) is 3.05. The van der Waals surface area contributed by atoms with Crippen molar-refractivity contribution in [1.82, 2.24) is 10.2 Å². The highest BCUT2D eigenvalue weighted by atomic mass is 16.4. The Morgan fingerprint density at radius 1 is 1.64 bits per heavy atom. The lowest BCUT2D eigenvalue weighted by molar-refractivity contribution is -0.143. The van der Waals surface area contributed by atoms with Crippen LogP contribution in [-0.4, -0.2) is 54.7 Å². The third-order valence-corrected chi connectivity index (χ3v) is 2.20. The van der Waals surface area contributed by atoms with Crippen molar-refractivity contribution in [3.8, 4) is 0 Å². The molecule has 7 heteroatoms. The van der Waals surface area contributed by atoms with Crippen molar-refractivity contribution < 1.29 is 9.90 Å². The topological polar surface area (TPSA) is 101 Å². The summed E-state index contributed by atoms with van der Waals surface area (Å²) in [7, 11) is 0. The van der Waals surface area contributed by atoms with Gasteiger partial charge < -0.3 is 10.4 Å². The van der Waals surface area contributed by atoms with Gasteiger partial charge in [0.05, 0.1) is 6.54 Å². The first-order valence-corrected chi connectivity index (χ1v) is 4.44. The van der Waals surface area contributed by atoms with Gasteiger partial charge in [0.1, 0.15) is 6.04 Å². The minimum Gasteiger partial charge on any atom is -0.480 e. The molecule has 2 N–H and O–H groups in total. The molecule has 0 spiro atoms. The lowest BCUT2D eigenvalue weighted by Gasteiger charge is -2.31. The first-order chi connectivity index (χ1) is 6.75. The molecular formula is C7H13N5O2. The number of nitrogens with one attached hydrogen (secondary N) is 1. The summed E-state index contributed by atoms with van der Waals surface area (Å²) in [6.45, 7) is 2.90. The molecule has 0 bridgehead atoms. The quantitative estimate of drug-likeness (QED) is 0.367. The Bertz CT molecular complexity index is 244. The van der Waals surface area contributed by atoms with Crippen molar-refractivity contribution >= 4 is 5.97 Å². The van der Waals surface area contributed by atoms with Crippen LogP contribution >= 0.6 is 0 Å². The Hall–Kier alpha value is -1.30. The Morgan fingerprint density at radius 2 is 2.29 bits per heavy atom. The summed E-state index contributed by atoms with van der Waals surface area (Å²) in [6, 6.07) is -0.687. The van der Waals surface area contributed by atoms with Crippen LogP contribution in [0.5, 0.6) is 0 Å². The molecule has 0 aromatic rings. The van der Waals surface area contributed by atoms with Crippen LogP contribution in [0.2, 0.25) is 0 Å². The maximum atomic E-state index is 10.9. The van der Waals surface area contributed by atoms with Crippen molar-refractivity contribution in [1.29, 1.82) is 0 Å². The summed E-state index contributed by atoms with van der Waals surface area (Å²) in [5.74, 6) is -0.931. The standard InChI is InChI=1S/C7H13N5O2/c8-11-10-5-6(7(13)14)12-3-1-9-2-4-12/h6,9H,1-5H2,(H,13,14). The number of azide groups is 1. The van der Waals surface area contributed by atoms with E-state index in [0.717, 1.165) is 13.1 Å². The van der Waals surface area contributed by atoms with E-state index in [0.29, 0.717) is 13.1 Å². The minimum atomic E-state index is -0.931. The van der Waals surface area contributed by atoms with Crippen LogP contribution in [0.4, 0.5) is 0 Å². The molecule has 1 unspecified atom stereocenters. The second-order valence-corrected chi connectivity index (χ2v) is 3.05. The molecular weight excluding hydrogens is 186 g/mol. The maximum absolute atomic E-state index is 10.9. The molecule has 1 fully saturated rings. The molecule has 7 nitrogen and oxygen atoms in total. The van der Waals surface area contributed by atoms with Gasteiger partial charge in [0.2, 0.25) is 0 Å². The molecule has 0 aromatic heterocycles. The number of carboxylic acid groups (broad SMARTS) is 1. The van der Waals surface area contributed by atoms with Crippen LogP contribution in [0.25, 0.3) is 10.4 Å². The van der Waals surface area contributed by atoms with Crippen LogP contribution in [-0.2, 0) is 4.79 Å². The van der Waals surface area contributed by atoms with E-state index in [-0.39, 0.29) is 6.54 Å². The normalized spacial score (nSPS) is 19.7. The Kier molecular flexibility index (Phi) is 4.18. The van der Waals surface area contributed by atoms with Gasteiger partial charge in [-0.3, -0.25) is 9.69 Å². The van der Waals surface area contributed by atoms with Gasteiger partial charge >= 0.3 is 5.97 Å². The van der Waals surface area contributed by atoms with Gasteiger partial charge in [0.25, 0.3) is 0 Å². The molecule has 0 amide bonds. The molecule has 1 atom stereocenters. The monoisotopic (exact) mass is 199 g/mol. The Morgan fingerprint density at radius 3 is 2.79 bits per heavy atom. The Labute approximate surface area is 81.3 Å². The zero-order valence-corrected chi connectivity index (χ0v) is 7.76. The minimum absolute atomic E-state index is 0.00810. The fourth-order valence-electron chi connectivity index (χ4n) is 1.46. The average Bonchev–Trinajstić information content (AvgIpc) is 2.19. The largest absolute Gasteiger partial charge is 0.480 e. The van der Waals surface area contributed by atoms with Gasteiger partial charge in [0.15, 0.2) is 0 Å². The molecule has 0 aromatic carbocycles. The number of aliphatic carboxylic acids is 1. The highest BCUT2D eigenvalue weighted by molar-refractivity contribution is 5.73. The van der Waals surface area contributed by atoms with Gasteiger partial charge in [-0.2, -0.15) is 0 Å². The van der Waals surface area contributed by atoms with E-state index < -0.39 is 12.0 Å². The van der Waals surface area contributed by atoms with Crippen LogP contribution in [0, 0.1) is 0 Å². The molecule has 14 heavy (non-hydrogen) atoms. The lowest BCUT2D eigenvalue weighted by Crippen LogP contribution is -2.52. The fourth-order valence-corrected chi connectivity index (χ4v) is 1.46. The number of carboxylic acids is 1. The number of hydrogen-bond donors (Lipinski definition) is 2. The molecule has 1 rings (SSSR count). The lowest BCUT2D eigenvalue weighted by atomic mass is 10.2. The van der Waals surface area contributed by atoms with Crippen molar-refractivity contribution in [2.24, 2.45) is 5.11 Å². The second kappa shape index (κ2) is 5.43. The van der Waals surface area contributed by atoms with E-state index in [9.17, 15) is 4.79 Å². The maximum Gasteiger partial charge on any atom is 0.321 e. The molecule has 0 saturated carbocycles. The van der Waals surface area contributed by atoms with Crippen LogP contribution in [0.3, 0.4) is 0 Å². The van der Waals surface area contributed by atoms with Crippen molar-refractivity contribution in [3.63, 3.8) is 0 Å². The van der Waals surface area contributed by atoms with Gasteiger partial charge in [0, 0.05) is 31.1 Å². The molecule has 1 aliphatic rings. The smallest absolute Gasteiger partial charge is 0.321 e. The summed E-state index contributed by atoms with van der Waals surface area (Å²) in [5, 5.41) is 15.3. The molecule has 78 valence electrons. The first kappa shape index (κ1) is 10.8. The summed E-state index contributed by atoms with van der Waals surface area (Å²) >= 11 is 0. The Balaban J connectivity index is 2.55. The SMILES string of the molecule is [N-]=[N+]=NCC(C(=O)O)N1CCNCC1. The van der Waals surface area contributed by atoms with E-state index in [1.165, 1.54) is 0 Å². The predicted molar refractivity (Wildman–Crippen MR) is 49.9 cm³/mol. The molecule has 0 radical (unpaired) electrons. The number of piperazine rings is 1. The van der Waals surface area contributed by atoms with E-state index in [1.54, 1.807) is 0 Å². The van der Waals surface area contributed by atoms with Crippen LogP contribution in [0.1, 0.15) is 0 Å². The van der Waals surface area contributed by atoms with Crippen molar-refractivity contribution in [2.45, 2.75) is 6.04 Å². The number of nitrogens with zero attached hydrogens (tertiary/aromatic N) is 4. The highest BCUT2D eigenvalue weighted by Crippen LogP contribution is 2.02. The predicted octanol–water partition coefficient (Wildman–Crippen LogP) is -0.345. The summed E-state index contributed by atoms with van der Waals surface area (Å²) in [4.78, 5) is 15.2. The number of hydrogen-bond acceptors (Lipinski definition) is 4. The summed E-state index contributed by atoms with van der Waals surface area (Å²) in [5.41, 5.74) is 8.13. The molecule has 1 heterocycles. The molecule has 0 aliphatic carbocycles. The van der Waals surface area contributed by atoms with Crippen molar-refractivity contribution in [2.75, 3.05) is 32.7 Å². The van der Waals surface area contributed by atoms with Gasteiger partial charge in [-0.1, -0.05) is 5.11 Å². The molecule has 1 saturated heterocycles. The summed E-state index contributed by atoms with van der Waals surface area (Å²) < 4.78 is 0. The fraction of sp³-hybridized carbons (Fsp3) is 0.857. The highest BCUT2D eigenvalue weighted by Gasteiger charge is 2.25. The van der Waals surface area contributed by atoms with E-state index in [1.807, 2.05) is 4.90 Å². The van der Waals surface area contributed by atoms with E-state index >= 15 is 0 Å². The van der Waals surface area contributed by atoms with Crippen LogP contribution < -0.4 is 5.32 Å². The van der Waals surface area contributed by atoms with Gasteiger partial charge in [-0.25, -0.2) is 0 Å². The summed E-state index contributed by atoms with van der Waals surface area (Å²) in [6.07, 6.45) is 0. The van der Waals surface area contributed by atoms with Gasteiger partial charge in [-0.05, 0) is 5.53 Å². The average molecular weight is 199 g/mol. The third-order valence-electron chi connectivity index (χ3n) is 2.20. The first-order valence-electron chi connectivity index (χ1n) is 4.44. The number of carbonyl (C=O) groups is 1. The number of rotatable bonds is 4. The third kappa shape index (κ3) is 2.88. The zero-order valence-electron chi connectivity index (χ0n) is 7.76. The van der Waals surface area contributed by atoms with E-state index in [4.69, 9.17) is 10.6 Å². The molecule has 1 aliphatic heterocycles. The zero-order chi connectivity index (χ0) is 10.4. The van der Waals surface area contributed by atoms with Crippen molar-refractivity contribution in [3.05, 3.63) is 10.4 Å². The van der Waals surface area contributed by atoms with Gasteiger partial charge in [-0.15, -0.1) is 0 Å². The van der Waals surface area contributed by atoms with E-state index in [2.05, 4.69) is 15.3 Å². The van der Waals surface area contributed by atoms with Crippen LogP contribution in [0.15, 0.2) is 5.11 Å².